The summed E-state index contributed by atoms with van der Waals surface area (Å²) in [4.78, 5) is 100. The summed E-state index contributed by atoms with van der Waals surface area (Å²) in [6, 6.07) is 0. The number of pyridine rings is 3. The van der Waals surface area contributed by atoms with E-state index in [0.29, 0.717) is 40.0 Å². The summed E-state index contributed by atoms with van der Waals surface area (Å²) >= 11 is 2.94. The Morgan fingerprint density at radius 3 is 1.16 bits per heavy atom. The molecule has 4 aliphatic rings. The van der Waals surface area contributed by atoms with Gasteiger partial charge in [0, 0.05) is 37.5 Å². The molecule has 9 aromatic heterocycles. The lowest BCUT2D eigenvalue weighted by Crippen LogP contribution is -2.41. The molecule has 0 atom stereocenters. The summed E-state index contributed by atoms with van der Waals surface area (Å²) in [5, 5.41) is 7.54. The topological polar surface area (TPSA) is 303 Å². The number of fused-ring (bicyclic) bond motifs is 15. The third kappa shape index (κ3) is 11.8. The number of aromatic nitrogens is 9. The van der Waals surface area contributed by atoms with Crippen molar-refractivity contribution in [3.8, 4) is 0 Å². The second-order valence-electron chi connectivity index (χ2n) is 22.5. The zero-order valence-corrected chi connectivity index (χ0v) is 51.0. The number of carbonyl (C=O) groups is 3. The number of alkyl halides is 1. The number of halogens is 2. The van der Waals surface area contributed by atoms with Gasteiger partial charge < -0.3 is 38.9 Å². The maximum atomic E-state index is 13.0. The van der Waals surface area contributed by atoms with E-state index in [9.17, 15) is 28.8 Å². The fourth-order valence-electron chi connectivity index (χ4n) is 12.0. The third-order valence-corrected chi connectivity index (χ3v) is 16.8. The number of carbonyl (C=O) groups excluding carboxylic acids is 3. The molecule has 13 rings (SSSR count). The molecule has 1 aliphatic heterocycles. The zero-order valence-electron chi connectivity index (χ0n) is 49.4. The quantitative estimate of drug-likeness (QED) is 0.0892. The fourth-order valence-corrected chi connectivity index (χ4v) is 12.0. The lowest BCUT2D eigenvalue weighted by atomic mass is 9.78. The van der Waals surface area contributed by atoms with Crippen LogP contribution in [0, 0.1) is 0 Å². The fraction of sp³-hybridized carbons (Fsp3) is 0.500. The van der Waals surface area contributed by atoms with Gasteiger partial charge in [-0.05, 0) is 157 Å². The van der Waals surface area contributed by atoms with Gasteiger partial charge >= 0.3 is 7.12 Å². The van der Waals surface area contributed by atoms with Crippen molar-refractivity contribution in [1.82, 2.24) is 54.2 Å². The van der Waals surface area contributed by atoms with Crippen LogP contribution < -0.4 is 33.0 Å². The van der Waals surface area contributed by atoms with Crippen LogP contribution in [0.3, 0.4) is 0 Å². The van der Waals surface area contributed by atoms with E-state index in [2.05, 4.69) is 65.3 Å². The molecule has 26 heteroatoms. The second-order valence-corrected chi connectivity index (χ2v) is 22.5. The third-order valence-electron chi connectivity index (χ3n) is 16.8. The van der Waals surface area contributed by atoms with E-state index in [1.807, 2.05) is 33.5 Å². The highest BCUT2D eigenvalue weighted by Gasteiger charge is 2.51. The normalized spacial score (nSPS) is 15.5. The molecule has 0 bridgehead atoms. The van der Waals surface area contributed by atoms with Gasteiger partial charge in [0.05, 0.1) is 46.3 Å². The average molecular weight is 1250 g/mol. The highest BCUT2D eigenvalue weighted by Crippen LogP contribution is 2.41. The van der Waals surface area contributed by atoms with E-state index in [4.69, 9.17) is 33.3 Å². The van der Waals surface area contributed by atoms with Gasteiger partial charge in [0.15, 0.2) is 0 Å². The van der Waals surface area contributed by atoms with E-state index >= 15 is 0 Å². The van der Waals surface area contributed by atoms with Crippen molar-refractivity contribution < 1.29 is 41.6 Å². The predicted molar refractivity (Wildman–Crippen MR) is 331 cm³/mol. The van der Waals surface area contributed by atoms with Crippen LogP contribution >= 0.6 is 15.9 Å². The summed E-state index contributed by atoms with van der Waals surface area (Å²) in [7, 11) is 2.65. The van der Waals surface area contributed by atoms with Crippen molar-refractivity contribution in [2.75, 3.05) is 19.9 Å². The summed E-state index contributed by atoms with van der Waals surface area (Å²) in [5.74, 6) is 0.670. The monoisotopic (exact) mass is 1250 g/mol. The number of aryl methyl sites for hydroxylation is 5. The van der Waals surface area contributed by atoms with Gasteiger partial charge in [-0.3, -0.25) is 47.2 Å². The van der Waals surface area contributed by atoms with Crippen LogP contribution in [-0.4, -0.2) is 99.6 Å². The maximum absolute atomic E-state index is 13.0. The maximum Gasteiger partial charge on any atom is 0.464 e. The highest BCUT2D eigenvalue weighted by atomic mass is 79.9. The van der Waals surface area contributed by atoms with E-state index < -0.39 is 35.3 Å². The van der Waals surface area contributed by atoms with Crippen LogP contribution in [0.25, 0.3) is 66.6 Å². The lowest BCUT2D eigenvalue weighted by Gasteiger charge is -2.32. The van der Waals surface area contributed by atoms with Crippen LogP contribution in [0.2, 0.25) is 0 Å². The van der Waals surface area contributed by atoms with Crippen molar-refractivity contribution in [3.05, 3.63) is 101 Å². The van der Waals surface area contributed by atoms with Gasteiger partial charge in [-0.25, -0.2) is 29.9 Å². The smallest absolute Gasteiger partial charge is 0.430 e. The van der Waals surface area contributed by atoms with Crippen LogP contribution in [0.5, 0.6) is 0 Å². The van der Waals surface area contributed by atoms with Crippen molar-refractivity contribution in [3.63, 3.8) is 0 Å². The highest BCUT2D eigenvalue weighted by molar-refractivity contribution is 9.08. The van der Waals surface area contributed by atoms with Gasteiger partial charge in [0.25, 0.3) is 16.7 Å². The molecule has 0 saturated carbocycles. The molecule has 458 valence electrons. The first-order chi connectivity index (χ1) is 40.3. The Bertz CT molecular complexity index is 4260. The van der Waals surface area contributed by atoms with Crippen LogP contribution in [0.1, 0.15) is 138 Å². The minimum atomic E-state index is -0.599. The number of likely N-dealkylation sites (N-methyl/N-ethyl adjacent to an activating group) is 2. The first-order valence-corrected chi connectivity index (χ1v) is 30.3. The Kier molecular flexibility index (Phi) is 19.5. The number of hydrogen-bond acceptors (Lipinski definition) is 17. The molecular formula is C60H75BBrFN12O11. The molecule has 3 amide bonds. The molecule has 4 N–H and O–H groups in total. The zero-order chi connectivity index (χ0) is 59.9. The SMILES string of the molecule is C.CBr.CCc1nc2oc3c(=O)n(CC(=O)NC)cnc3c2c2c1CCCC2.CCc1nc2oc3c(=O)n(CC(N)=O)cnc3c2c2c1CCCC2.CNC(=O)Cn1cnc2c(oc3nc(CB4OC(C)(C)C(C)(C)O4)c4c(c32)CCCC4)c1=O.F. The Labute approximate surface area is 503 Å². The first kappa shape index (κ1) is 64.3. The molecule has 23 nitrogen and oxygen atoms in total. The molecule has 3 aliphatic carbocycles. The van der Waals surface area contributed by atoms with Gasteiger partial charge in [0.2, 0.25) is 51.6 Å². The molecular weight excluding hydrogens is 1170 g/mol. The number of amides is 3. The molecule has 10 heterocycles. The predicted octanol–water partition coefficient (Wildman–Crippen LogP) is 7.33. The van der Waals surface area contributed by atoms with E-state index in [-0.39, 0.29) is 65.9 Å². The molecule has 0 spiro atoms. The minimum Gasteiger partial charge on any atom is -0.430 e. The molecule has 86 heavy (non-hydrogen) atoms. The van der Waals surface area contributed by atoms with Gasteiger partial charge in [0.1, 0.15) is 36.2 Å². The summed E-state index contributed by atoms with van der Waals surface area (Å²) in [5.41, 5.74) is 16.9. The molecule has 1 saturated heterocycles. The molecule has 0 aromatic carbocycles. The van der Waals surface area contributed by atoms with Crippen molar-refractivity contribution >= 4 is 107 Å². The van der Waals surface area contributed by atoms with E-state index in [0.717, 1.165) is 129 Å². The number of furan rings is 3. The number of nitrogens with one attached hydrogen (secondary N) is 2. The van der Waals surface area contributed by atoms with Gasteiger partial charge in [-0.2, -0.15) is 0 Å². The summed E-state index contributed by atoms with van der Waals surface area (Å²) < 4.78 is 33.6. The van der Waals surface area contributed by atoms with Crippen LogP contribution in [-0.2, 0) is 101 Å². The largest absolute Gasteiger partial charge is 0.464 e. The lowest BCUT2D eigenvalue weighted by molar-refractivity contribution is -0.122. The summed E-state index contributed by atoms with van der Waals surface area (Å²) in [6.07, 6.45) is 18.8. The average Bonchev–Trinajstić information content (AvgIpc) is 4.37. The minimum absolute atomic E-state index is 0. The van der Waals surface area contributed by atoms with Gasteiger partial charge in [-0.15, -0.1) is 0 Å². The molecule has 0 unspecified atom stereocenters. The number of nitrogens with zero attached hydrogens (tertiary/aromatic N) is 9. The van der Waals surface area contributed by atoms with Crippen molar-refractivity contribution in [2.24, 2.45) is 5.73 Å². The van der Waals surface area contributed by atoms with Gasteiger partial charge in [-0.1, -0.05) is 37.2 Å². The van der Waals surface area contributed by atoms with Crippen LogP contribution in [0.4, 0.5) is 4.70 Å². The Morgan fingerprint density at radius 1 is 0.547 bits per heavy atom. The Balaban J connectivity index is 0.000000166. The van der Waals surface area contributed by atoms with Crippen molar-refractivity contribution in [1.29, 1.82) is 0 Å². The van der Waals surface area contributed by atoms with Crippen LogP contribution in [0.15, 0.2) is 46.6 Å². The molecule has 9 aromatic rings. The first-order valence-electron chi connectivity index (χ1n) is 28.7. The Morgan fingerprint density at radius 2 is 0.849 bits per heavy atom. The van der Waals surface area contributed by atoms with Crippen molar-refractivity contribution in [2.45, 2.75) is 176 Å². The standard InChI is InChI=1S/C23H29BN4O5.C18H20N4O3.C17H18N4O3.CH3Br.CH4.FH/c1-22(2)23(3,4)33-24(32-22)10-15-13-8-6-7-9-14(13)17-18-19(31-20(17)27-15)21(30)28(12-26-18)11-16(29)25-5;1-3-12-10-6-4-5-7-11(10)14-15-16(25-17(14)21-12)18(24)22(9-20-15)8-13(23)19-2;1-2-11-9-5-3-4-6-10(9)13-14-15(24-16(13)20-11)17(23)21(8-19-14)7-12(18)22;1-2;;/h12H,6-11H2,1-5H3,(H,25,29);9H,3-8H2,1-2H3,(H,19,23);8H,2-7H2,1H3,(H2,18,22);1H3;1H4;1H. The number of nitrogens with two attached hydrogens (primary N) is 1. The molecule has 0 radical (unpaired) electrons. The number of primary amides is 1. The summed E-state index contributed by atoms with van der Waals surface area (Å²) in [6.45, 7) is 11.9. The second kappa shape index (κ2) is 26.1. The van der Waals surface area contributed by atoms with E-state index in [1.54, 1.807) is 0 Å². The Hall–Kier alpha value is -7.71. The van der Waals surface area contributed by atoms with E-state index in [1.165, 1.54) is 74.6 Å². The number of rotatable bonds is 10. The number of hydrogen-bond donors (Lipinski definition) is 3. The molecule has 1 fully saturated rings.